The molecule has 0 aliphatic carbocycles. The molecule has 2 aromatic heterocycles. The Morgan fingerprint density at radius 1 is 1.26 bits per heavy atom. The molecule has 3 heterocycles. The number of hydrogen-bond acceptors (Lipinski definition) is 8. The van der Waals surface area contributed by atoms with E-state index in [1.807, 2.05) is 13.8 Å². The molecule has 0 radical (unpaired) electrons. The molecular formula is C25H27FN4O5. The van der Waals surface area contributed by atoms with Gasteiger partial charge >= 0.3 is 12.0 Å². The molecule has 3 aromatic rings. The average molecular weight is 483 g/mol. The van der Waals surface area contributed by atoms with Gasteiger partial charge in [0.25, 0.3) is 0 Å². The van der Waals surface area contributed by atoms with Gasteiger partial charge in [-0.15, -0.1) is 0 Å². The van der Waals surface area contributed by atoms with Crippen LogP contribution in [0.3, 0.4) is 0 Å². The number of imidazole rings is 1. The average Bonchev–Trinajstić information content (AvgIpc) is 3.28. The zero-order valence-electron chi connectivity index (χ0n) is 19.8. The lowest BCUT2D eigenvalue weighted by Gasteiger charge is -2.34. The van der Waals surface area contributed by atoms with E-state index in [0.29, 0.717) is 28.5 Å². The molecule has 1 aliphatic rings. The first-order chi connectivity index (χ1) is 16.8. The number of nitrogens with zero attached hydrogens (tertiary/aromatic N) is 3. The van der Waals surface area contributed by atoms with Crippen LogP contribution in [0.1, 0.15) is 32.9 Å². The predicted octanol–water partition coefficient (Wildman–Crippen LogP) is 4.24. The minimum absolute atomic E-state index is 0.0788. The van der Waals surface area contributed by atoms with Crippen LogP contribution < -0.4 is 4.74 Å². The second-order valence-corrected chi connectivity index (χ2v) is 8.65. The van der Waals surface area contributed by atoms with Crippen LogP contribution in [0.2, 0.25) is 0 Å². The highest BCUT2D eigenvalue weighted by Gasteiger charge is 2.42. The summed E-state index contributed by atoms with van der Waals surface area (Å²) in [7, 11) is 0. The van der Waals surface area contributed by atoms with Gasteiger partial charge in [-0.05, 0) is 51.1 Å². The number of carbonyl (C=O) groups excluding carboxylic acids is 1. The highest BCUT2D eigenvalue weighted by molar-refractivity contribution is 5.77. The molecule has 10 heteroatoms. The van der Waals surface area contributed by atoms with Crippen molar-refractivity contribution in [1.29, 1.82) is 0 Å². The largest absolute Gasteiger partial charge is 0.461 e. The SMILES string of the molecule is C=CCOC(=O)C1(C)COC(c2nc(-c3ccc(F)cc3)c(-c3ccnc(OC(C)C)n3)[nH]2)OC1. The van der Waals surface area contributed by atoms with E-state index in [-0.39, 0.29) is 37.8 Å². The van der Waals surface area contributed by atoms with Crippen molar-refractivity contribution in [2.45, 2.75) is 33.2 Å². The predicted molar refractivity (Wildman–Crippen MR) is 125 cm³/mol. The van der Waals surface area contributed by atoms with Crippen molar-refractivity contribution in [3.05, 3.63) is 60.8 Å². The molecule has 0 atom stereocenters. The van der Waals surface area contributed by atoms with E-state index >= 15 is 0 Å². The Hall–Kier alpha value is -3.63. The van der Waals surface area contributed by atoms with Gasteiger partial charge in [0.05, 0.1) is 36.4 Å². The fraction of sp³-hybridized carbons (Fsp3) is 0.360. The third kappa shape index (κ3) is 5.55. The Morgan fingerprint density at radius 3 is 2.63 bits per heavy atom. The van der Waals surface area contributed by atoms with Crippen molar-refractivity contribution in [1.82, 2.24) is 19.9 Å². The van der Waals surface area contributed by atoms with Crippen molar-refractivity contribution < 1.29 is 28.1 Å². The third-order valence-corrected chi connectivity index (χ3v) is 5.23. The van der Waals surface area contributed by atoms with Gasteiger partial charge in [-0.3, -0.25) is 4.79 Å². The van der Waals surface area contributed by atoms with Crippen molar-refractivity contribution in [3.63, 3.8) is 0 Å². The number of hydrogen-bond donors (Lipinski definition) is 1. The summed E-state index contributed by atoms with van der Waals surface area (Å²) in [4.78, 5) is 28.9. The van der Waals surface area contributed by atoms with E-state index in [1.165, 1.54) is 18.2 Å². The molecule has 4 rings (SSSR count). The fourth-order valence-corrected chi connectivity index (χ4v) is 3.45. The first kappa shape index (κ1) is 24.5. The van der Waals surface area contributed by atoms with Crippen LogP contribution in [0.25, 0.3) is 22.6 Å². The Kier molecular flexibility index (Phi) is 7.23. The van der Waals surface area contributed by atoms with E-state index in [9.17, 15) is 9.18 Å². The highest BCUT2D eigenvalue weighted by atomic mass is 19.1. The number of ether oxygens (including phenoxy) is 4. The van der Waals surface area contributed by atoms with Crippen molar-refractivity contribution in [3.8, 4) is 28.7 Å². The molecule has 184 valence electrons. The molecule has 35 heavy (non-hydrogen) atoms. The van der Waals surface area contributed by atoms with Crippen LogP contribution in [0, 0.1) is 11.2 Å². The molecule has 0 unspecified atom stereocenters. The number of nitrogens with one attached hydrogen (secondary N) is 1. The van der Waals surface area contributed by atoms with Gasteiger partial charge in [-0.1, -0.05) is 12.7 Å². The summed E-state index contributed by atoms with van der Waals surface area (Å²) >= 11 is 0. The second kappa shape index (κ2) is 10.3. The monoisotopic (exact) mass is 482 g/mol. The Balaban J connectivity index is 1.64. The van der Waals surface area contributed by atoms with Gasteiger partial charge < -0.3 is 23.9 Å². The maximum absolute atomic E-state index is 13.6. The number of rotatable bonds is 8. The Morgan fingerprint density at radius 2 is 1.97 bits per heavy atom. The summed E-state index contributed by atoms with van der Waals surface area (Å²) in [6.07, 6.45) is 2.14. The van der Waals surface area contributed by atoms with Crippen LogP contribution >= 0.6 is 0 Å². The van der Waals surface area contributed by atoms with Crippen molar-refractivity contribution in [2.75, 3.05) is 19.8 Å². The number of aromatic amines is 1. The molecule has 0 amide bonds. The lowest BCUT2D eigenvalue weighted by atomic mass is 9.92. The lowest BCUT2D eigenvalue weighted by molar-refractivity contribution is -0.238. The maximum atomic E-state index is 13.6. The smallest absolute Gasteiger partial charge is 0.317 e. The number of carbonyl (C=O) groups is 1. The van der Waals surface area contributed by atoms with Gasteiger partial charge in [0.1, 0.15) is 17.8 Å². The zero-order valence-corrected chi connectivity index (χ0v) is 19.8. The third-order valence-electron chi connectivity index (χ3n) is 5.23. The summed E-state index contributed by atoms with van der Waals surface area (Å²) in [5.41, 5.74) is 1.34. The van der Waals surface area contributed by atoms with E-state index in [2.05, 4.69) is 26.5 Å². The fourth-order valence-electron chi connectivity index (χ4n) is 3.45. The molecule has 0 bridgehead atoms. The summed E-state index contributed by atoms with van der Waals surface area (Å²) in [5.74, 6) is -0.408. The van der Waals surface area contributed by atoms with Gasteiger partial charge in [0.2, 0.25) is 6.29 Å². The van der Waals surface area contributed by atoms with Gasteiger partial charge in [0.15, 0.2) is 5.82 Å². The highest BCUT2D eigenvalue weighted by Crippen LogP contribution is 2.36. The van der Waals surface area contributed by atoms with E-state index in [0.717, 1.165) is 0 Å². The molecule has 1 aliphatic heterocycles. The number of halogens is 1. The van der Waals surface area contributed by atoms with Crippen LogP contribution in [-0.2, 0) is 19.0 Å². The number of H-pyrrole nitrogens is 1. The van der Waals surface area contributed by atoms with Crippen molar-refractivity contribution >= 4 is 5.97 Å². The molecular weight excluding hydrogens is 455 g/mol. The van der Waals surface area contributed by atoms with E-state index in [4.69, 9.17) is 18.9 Å². The minimum atomic E-state index is -0.954. The van der Waals surface area contributed by atoms with Gasteiger partial charge in [0, 0.05) is 11.8 Å². The molecule has 0 saturated carbocycles. The standard InChI is InChI=1S/C25H27FN4O5/c1-5-12-32-23(31)25(4)13-33-22(34-14-25)21-29-19(16-6-8-17(26)9-7-16)20(30-21)18-10-11-27-24(28-18)35-15(2)3/h5-11,15,22H,1,12-14H2,2-4H3,(H,29,30). The normalized spacial score (nSPS) is 20.0. The van der Waals surface area contributed by atoms with Crippen LogP contribution in [0.5, 0.6) is 6.01 Å². The quantitative estimate of drug-likeness (QED) is 0.375. The summed E-state index contributed by atoms with van der Waals surface area (Å²) in [5, 5.41) is 0. The Bertz CT molecular complexity index is 1190. The molecule has 1 saturated heterocycles. The van der Waals surface area contributed by atoms with Gasteiger partial charge in [-0.25, -0.2) is 14.4 Å². The zero-order chi connectivity index (χ0) is 25.0. The molecule has 1 fully saturated rings. The first-order valence-electron chi connectivity index (χ1n) is 11.2. The Labute approximate surface area is 202 Å². The topological polar surface area (TPSA) is 108 Å². The summed E-state index contributed by atoms with van der Waals surface area (Å²) in [6.45, 7) is 9.29. The molecule has 1 aromatic carbocycles. The van der Waals surface area contributed by atoms with Gasteiger partial charge in [-0.2, -0.15) is 4.98 Å². The van der Waals surface area contributed by atoms with Crippen LogP contribution in [0.4, 0.5) is 4.39 Å². The number of esters is 1. The molecule has 9 nitrogen and oxygen atoms in total. The molecule has 0 spiro atoms. The minimum Gasteiger partial charge on any atom is -0.461 e. The summed E-state index contributed by atoms with van der Waals surface area (Å²) in [6, 6.07) is 7.90. The number of aromatic nitrogens is 4. The van der Waals surface area contributed by atoms with Crippen LogP contribution in [-0.4, -0.2) is 51.8 Å². The summed E-state index contributed by atoms with van der Waals surface area (Å²) < 4.78 is 36.1. The van der Waals surface area contributed by atoms with E-state index < -0.39 is 17.7 Å². The second-order valence-electron chi connectivity index (χ2n) is 8.65. The first-order valence-corrected chi connectivity index (χ1v) is 11.2. The lowest BCUT2D eigenvalue weighted by Crippen LogP contribution is -2.43. The molecule has 1 N–H and O–H groups in total. The van der Waals surface area contributed by atoms with E-state index in [1.54, 1.807) is 31.3 Å². The van der Waals surface area contributed by atoms with Crippen LogP contribution in [0.15, 0.2) is 49.2 Å². The maximum Gasteiger partial charge on any atom is 0.317 e. The number of benzene rings is 1. The van der Waals surface area contributed by atoms with Crippen molar-refractivity contribution in [2.24, 2.45) is 5.41 Å².